The number of fused-ring (bicyclic) bond motifs is 1. The molecule has 0 spiro atoms. The molecule has 4 rings (SSSR count). The molecular weight excluding hydrogens is 340 g/mol. The molecule has 0 bridgehead atoms. The molecule has 6 heteroatoms. The smallest absolute Gasteiger partial charge is 0.257 e. The minimum absolute atomic E-state index is 0.0390. The van der Waals surface area contributed by atoms with Crippen LogP contribution in [0.1, 0.15) is 21.6 Å². The molecule has 1 aromatic carbocycles. The number of rotatable bonds is 3. The van der Waals surface area contributed by atoms with Gasteiger partial charge in [-0.2, -0.15) is 0 Å². The normalized spacial score (nSPS) is 14.4. The first-order valence-electron chi connectivity index (χ1n) is 9.09. The third kappa shape index (κ3) is 3.61. The number of aromatic nitrogens is 2. The largest absolute Gasteiger partial charge is 0.378 e. The number of anilines is 2. The second-order valence-corrected chi connectivity index (χ2v) is 6.77. The van der Waals surface area contributed by atoms with Crippen LogP contribution in [0, 0.1) is 13.8 Å². The Balaban J connectivity index is 1.80. The van der Waals surface area contributed by atoms with E-state index < -0.39 is 0 Å². The standard InChI is InChI=1S/C21H22N4O2/c1-14-3-6-16(7-4-14)24-19-17-8-5-15(2)23-20(17)22-13-18(19)21(26)25-9-11-27-12-10-25/h3-8,13H,9-12H2,1-2H3,(H,22,23,24). The zero-order valence-corrected chi connectivity index (χ0v) is 15.5. The fraction of sp³-hybridized carbons (Fsp3) is 0.286. The van der Waals surface area contributed by atoms with E-state index >= 15 is 0 Å². The predicted molar refractivity (Wildman–Crippen MR) is 105 cm³/mol. The fourth-order valence-corrected chi connectivity index (χ4v) is 3.19. The van der Waals surface area contributed by atoms with Gasteiger partial charge in [-0.15, -0.1) is 0 Å². The summed E-state index contributed by atoms with van der Waals surface area (Å²) in [5, 5.41) is 4.26. The SMILES string of the molecule is Cc1ccc(Nc2c(C(=O)N3CCOCC3)cnc3nc(C)ccc23)cc1. The van der Waals surface area contributed by atoms with E-state index in [-0.39, 0.29) is 5.91 Å². The van der Waals surface area contributed by atoms with Crippen molar-refractivity contribution in [3.05, 3.63) is 59.4 Å². The average Bonchev–Trinajstić information content (AvgIpc) is 2.70. The molecule has 3 aromatic rings. The van der Waals surface area contributed by atoms with Crippen molar-refractivity contribution in [2.75, 3.05) is 31.6 Å². The molecule has 0 radical (unpaired) electrons. The summed E-state index contributed by atoms with van der Waals surface area (Å²) in [6.45, 7) is 6.29. The van der Waals surface area contributed by atoms with E-state index in [0.29, 0.717) is 37.5 Å². The topological polar surface area (TPSA) is 67.4 Å². The van der Waals surface area contributed by atoms with Gasteiger partial charge in [-0.05, 0) is 38.1 Å². The van der Waals surface area contributed by atoms with Gasteiger partial charge in [-0.25, -0.2) is 9.97 Å². The van der Waals surface area contributed by atoms with E-state index in [1.165, 1.54) is 5.56 Å². The number of hydrogen-bond acceptors (Lipinski definition) is 5. The molecule has 0 saturated carbocycles. The Morgan fingerprint density at radius 3 is 2.56 bits per heavy atom. The minimum Gasteiger partial charge on any atom is -0.378 e. The summed E-state index contributed by atoms with van der Waals surface area (Å²) in [4.78, 5) is 23.9. The molecule has 0 unspecified atom stereocenters. The monoisotopic (exact) mass is 362 g/mol. The first-order chi connectivity index (χ1) is 13.1. The molecule has 1 aliphatic rings. The molecule has 6 nitrogen and oxygen atoms in total. The van der Waals surface area contributed by atoms with Crippen molar-refractivity contribution < 1.29 is 9.53 Å². The number of carbonyl (C=O) groups excluding carboxylic acids is 1. The maximum atomic E-state index is 13.1. The van der Waals surface area contributed by atoms with Gasteiger partial charge in [0.15, 0.2) is 5.65 Å². The van der Waals surface area contributed by atoms with Crippen LogP contribution in [0.5, 0.6) is 0 Å². The van der Waals surface area contributed by atoms with Gasteiger partial charge in [0.1, 0.15) is 0 Å². The summed E-state index contributed by atoms with van der Waals surface area (Å²) in [6.07, 6.45) is 1.63. The number of nitrogens with zero attached hydrogens (tertiary/aromatic N) is 3. The quantitative estimate of drug-likeness (QED) is 0.773. The third-order valence-electron chi connectivity index (χ3n) is 4.72. The first-order valence-corrected chi connectivity index (χ1v) is 9.09. The average molecular weight is 362 g/mol. The number of aryl methyl sites for hydroxylation is 2. The number of hydrogen-bond donors (Lipinski definition) is 1. The van der Waals surface area contributed by atoms with Gasteiger partial charge in [-0.3, -0.25) is 4.79 Å². The van der Waals surface area contributed by atoms with Crippen LogP contribution < -0.4 is 5.32 Å². The van der Waals surface area contributed by atoms with Crippen molar-refractivity contribution in [2.24, 2.45) is 0 Å². The van der Waals surface area contributed by atoms with Gasteiger partial charge in [0, 0.05) is 36.1 Å². The molecular formula is C21H22N4O2. The van der Waals surface area contributed by atoms with Crippen molar-refractivity contribution in [2.45, 2.75) is 13.8 Å². The molecule has 1 aliphatic heterocycles. The van der Waals surface area contributed by atoms with E-state index in [9.17, 15) is 4.79 Å². The van der Waals surface area contributed by atoms with Crippen molar-refractivity contribution >= 4 is 28.3 Å². The Hall–Kier alpha value is -2.99. The van der Waals surface area contributed by atoms with E-state index in [2.05, 4.69) is 15.3 Å². The first kappa shape index (κ1) is 17.4. The van der Waals surface area contributed by atoms with E-state index in [1.807, 2.05) is 55.1 Å². The van der Waals surface area contributed by atoms with Crippen LogP contribution in [-0.2, 0) is 4.74 Å². The molecule has 0 atom stereocenters. The lowest BCUT2D eigenvalue weighted by Crippen LogP contribution is -2.41. The van der Waals surface area contributed by atoms with E-state index in [0.717, 1.165) is 22.5 Å². The van der Waals surface area contributed by atoms with Gasteiger partial charge in [0.2, 0.25) is 0 Å². The van der Waals surface area contributed by atoms with Gasteiger partial charge in [0.05, 0.1) is 24.5 Å². The Kier molecular flexibility index (Phi) is 4.73. The van der Waals surface area contributed by atoms with Crippen LogP contribution in [0.2, 0.25) is 0 Å². The number of morpholine rings is 1. The Morgan fingerprint density at radius 2 is 1.81 bits per heavy atom. The molecule has 27 heavy (non-hydrogen) atoms. The van der Waals surface area contributed by atoms with Gasteiger partial charge >= 0.3 is 0 Å². The molecule has 2 aromatic heterocycles. The second kappa shape index (κ2) is 7.32. The molecule has 3 heterocycles. The summed E-state index contributed by atoms with van der Waals surface area (Å²) in [5.74, 6) is -0.0390. The van der Waals surface area contributed by atoms with E-state index in [4.69, 9.17) is 4.74 Å². The lowest BCUT2D eigenvalue weighted by molar-refractivity contribution is 0.0303. The predicted octanol–water partition coefficient (Wildman–Crippen LogP) is 3.46. The van der Waals surface area contributed by atoms with Gasteiger partial charge in [0.25, 0.3) is 5.91 Å². The highest BCUT2D eigenvalue weighted by atomic mass is 16.5. The number of benzene rings is 1. The van der Waals surface area contributed by atoms with Crippen LogP contribution in [0.25, 0.3) is 11.0 Å². The number of amides is 1. The summed E-state index contributed by atoms with van der Waals surface area (Å²) in [6, 6.07) is 12.0. The number of ether oxygens (including phenoxy) is 1. The maximum Gasteiger partial charge on any atom is 0.257 e. The van der Waals surface area contributed by atoms with Crippen LogP contribution in [-0.4, -0.2) is 47.1 Å². The fourth-order valence-electron chi connectivity index (χ4n) is 3.19. The highest BCUT2D eigenvalue weighted by molar-refractivity contribution is 6.07. The minimum atomic E-state index is -0.0390. The zero-order valence-electron chi connectivity index (χ0n) is 15.5. The molecule has 1 amide bonds. The zero-order chi connectivity index (χ0) is 18.8. The van der Waals surface area contributed by atoms with Gasteiger partial charge in [-0.1, -0.05) is 17.7 Å². The molecule has 1 fully saturated rings. The Bertz CT molecular complexity index is 979. The van der Waals surface area contributed by atoms with Crippen LogP contribution in [0.4, 0.5) is 11.4 Å². The molecule has 138 valence electrons. The summed E-state index contributed by atoms with van der Waals surface area (Å²) < 4.78 is 5.37. The lowest BCUT2D eigenvalue weighted by atomic mass is 10.1. The molecule has 1 N–H and O–H groups in total. The number of pyridine rings is 2. The highest BCUT2D eigenvalue weighted by Crippen LogP contribution is 2.30. The Morgan fingerprint density at radius 1 is 1.07 bits per heavy atom. The molecule has 1 saturated heterocycles. The Labute approximate surface area is 158 Å². The second-order valence-electron chi connectivity index (χ2n) is 6.77. The van der Waals surface area contributed by atoms with Crippen molar-refractivity contribution in [3.63, 3.8) is 0 Å². The van der Waals surface area contributed by atoms with E-state index in [1.54, 1.807) is 6.20 Å². The summed E-state index contributed by atoms with van der Waals surface area (Å²) >= 11 is 0. The highest BCUT2D eigenvalue weighted by Gasteiger charge is 2.23. The van der Waals surface area contributed by atoms with Crippen LogP contribution in [0.15, 0.2) is 42.6 Å². The van der Waals surface area contributed by atoms with Crippen LogP contribution in [0.3, 0.4) is 0 Å². The number of nitrogens with one attached hydrogen (secondary N) is 1. The van der Waals surface area contributed by atoms with Crippen molar-refractivity contribution in [3.8, 4) is 0 Å². The van der Waals surface area contributed by atoms with Crippen molar-refractivity contribution in [1.82, 2.24) is 14.9 Å². The summed E-state index contributed by atoms with van der Waals surface area (Å²) in [7, 11) is 0. The lowest BCUT2D eigenvalue weighted by Gasteiger charge is -2.27. The number of carbonyl (C=O) groups is 1. The van der Waals surface area contributed by atoms with Gasteiger partial charge < -0.3 is 15.0 Å². The summed E-state index contributed by atoms with van der Waals surface area (Å²) in [5.41, 5.74) is 4.92. The third-order valence-corrected chi connectivity index (χ3v) is 4.72. The van der Waals surface area contributed by atoms with Crippen LogP contribution >= 0.6 is 0 Å². The van der Waals surface area contributed by atoms with Crippen molar-refractivity contribution in [1.29, 1.82) is 0 Å². The molecule has 0 aliphatic carbocycles. The maximum absolute atomic E-state index is 13.1.